The Bertz CT molecular complexity index is 781. The zero-order valence-corrected chi connectivity index (χ0v) is 16.6. The number of carbonyl (C=O) groups is 1. The topological polar surface area (TPSA) is 52.6 Å². The fourth-order valence-corrected chi connectivity index (χ4v) is 3.69. The molecule has 1 aromatic heterocycles. The molecule has 0 N–H and O–H groups in total. The zero-order valence-electron chi connectivity index (χ0n) is 15.8. The predicted molar refractivity (Wildman–Crippen MR) is 112 cm³/mol. The second kappa shape index (κ2) is 12.3. The first-order valence-corrected chi connectivity index (χ1v) is 10.5. The molecule has 1 aromatic carbocycles. The van der Waals surface area contributed by atoms with Crippen LogP contribution < -0.4 is 9.48 Å². The van der Waals surface area contributed by atoms with Gasteiger partial charge in [-0.2, -0.15) is 0 Å². The van der Waals surface area contributed by atoms with Gasteiger partial charge in [0.15, 0.2) is 0 Å². The van der Waals surface area contributed by atoms with Crippen LogP contribution in [0.15, 0.2) is 47.8 Å². The Labute approximate surface area is 164 Å². The van der Waals surface area contributed by atoms with Crippen molar-refractivity contribution in [1.29, 1.82) is 0 Å². The molecule has 4 nitrogen and oxygen atoms in total. The molecule has 0 aliphatic carbocycles. The molecule has 0 saturated heterocycles. The molecule has 0 aliphatic heterocycles. The Kier molecular flexibility index (Phi) is 9.63. The van der Waals surface area contributed by atoms with E-state index in [9.17, 15) is 9.59 Å². The number of fused-ring (bicyclic) bond motifs is 1. The molecule has 0 amide bonds. The number of benzene rings is 1. The first-order valence-electron chi connectivity index (χ1n) is 9.65. The van der Waals surface area contributed by atoms with Crippen molar-refractivity contribution < 1.29 is 14.3 Å². The first kappa shape index (κ1) is 21.2. The number of unbranched alkanes of at least 4 members (excludes halogenated alkanes) is 7. The highest BCUT2D eigenvalue weighted by molar-refractivity contribution is 7.16. The molecule has 0 aliphatic rings. The Morgan fingerprint density at radius 2 is 1.59 bits per heavy atom. The van der Waals surface area contributed by atoms with Gasteiger partial charge in [0.05, 0.1) is 13.2 Å². The molecule has 0 spiro atoms. The second-order valence-electron chi connectivity index (χ2n) is 6.47. The van der Waals surface area contributed by atoms with Crippen molar-refractivity contribution >= 4 is 27.4 Å². The number of ether oxygens (including phenoxy) is 2. The average Bonchev–Trinajstić information content (AvgIpc) is 2.68. The molecule has 0 unspecified atom stereocenters. The van der Waals surface area contributed by atoms with Crippen LogP contribution in [0.5, 0.6) is 5.75 Å². The standard InChI is InChI=1S/C22H28O4S/c1-2-21(23)26-16-12-8-6-4-3-5-7-11-15-25-19-17-22(24)27-20-14-10-9-13-18(19)20/h2,9-10,13-14,17H,1,3-8,11-12,15-16H2. The fourth-order valence-electron chi connectivity index (χ4n) is 2.88. The van der Waals surface area contributed by atoms with Crippen molar-refractivity contribution in [3.8, 4) is 5.75 Å². The van der Waals surface area contributed by atoms with E-state index in [-0.39, 0.29) is 10.7 Å². The molecule has 0 saturated carbocycles. The van der Waals surface area contributed by atoms with Crippen LogP contribution >= 0.6 is 11.3 Å². The maximum Gasteiger partial charge on any atom is 0.330 e. The lowest BCUT2D eigenvalue weighted by atomic mass is 10.1. The largest absolute Gasteiger partial charge is 0.493 e. The highest BCUT2D eigenvalue weighted by atomic mass is 32.1. The van der Waals surface area contributed by atoms with Gasteiger partial charge >= 0.3 is 5.97 Å². The van der Waals surface area contributed by atoms with Gasteiger partial charge in [0, 0.05) is 22.2 Å². The number of carbonyl (C=O) groups excluding carboxylic acids is 1. The lowest BCUT2D eigenvalue weighted by molar-refractivity contribution is -0.137. The SMILES string of the molecule is C=CC(=O)OCCCCCCCCCCOc1cc(=O)sc2ccccc12. The van der Waals surface area contributed by atoms with Crippen LogP contribution in [0.4, 0.5) is 0 Å². The van der Waals surface area contributed by atoms with Gasteiger partial charge in [-0.25, -0.2) is 4.79 Å². The summed E-state index contributed by atoms with van der Waals surface area (Å²) in [5.41, 5.74) is 0. The third-order valence-electron chi connectivity index (χ3n) is 4.32. The van der Waals surface area contributed by atoms with Gasteiger partial charge in [0.1, 0.15) is 5.75 Å². The number of hydrogen-bond acceptors (Lipinski definition) is 5. The Balaban J connectivity index is 1.51. The molecule has 0 fully saturated rings. The van der Waals surface area contributed by atoms with Gasteiger partial charge in [-0.05, 0) is 25.0 Å². The fraction of sp³-hybridized carbons (Fsp3) is 0.455. The van der Waals surface area contributed by atoms with Crippen LogP contribution in [0.1, 0.15) is 51.4 Å². The van der Waals surface area contributed by atoms with E-state index < -0.39 is 0 Å². The summed E-state index contributed by atoms with van der Waals surface area (Å²) < 4.78 is 11.8. The van der Waals surface area contributed by atoms with E-state index in [0.29, 0.717) is 19.0 Å². The van der Waals surface area contributed by atoms with Crippen LogP contribution in [0, 0.1) is 0 Å². The Morgan fingerprint density at radius 3 is 2.30 bits per heavy atom. The van der Waals surface area contributed by atoms with E-state index in [1.807, 2.05) is 24.3 Å². The minimum absolute atomic E-state index is 0.0305. The maximum absolute atomic E-state index is 11.8. The number of hydrogen-bond donors (Lipinski definition) is 0. The van der Waals surface area contributed by atoms with Crippen LogP contribution in [0.2, 0.25) is 0 Å². The third kappa shape index (κ3) is 7.95. The van der Waals surface area contributed by atoms with E-state index in [0.717, 1.165) is 35.8 Å². The van der Waals surface area contributed by atoms with Gasteiger partial charge in [0.25, 0.3) is 0 Å². The van der Waals surface area contributed by atoms with Crippen molar-refractivity contribution in [1.82, 2.24) is 0 Å². The molecule has 2 aromatic rings. The highest BCUT2D eigenvalue weighted by Crippen LogP contribution is 2.26. The van der Waals surface area contributed by atoms with Crippen LogP contribution in [0.25, 0.3) is 10.1 Å². The van der Waals surface area contributed by atoms with Crippen molar-refractivity contribution in [2.24, 2.45) is 0 Å². The van der Waals surface area contributed by atoms with Crippen molar-refractivity contribution in [2.75, 3.05) is 13.2 Å². The average molecular weight is 389 g/mol. The summed E-state index contributed by atoms with van der Waals surface area (Å²) in [5, 5.41) is 1.01. The van der Waals surface area contributed by atoms with Gasteiger partial charge in [-0.15, -0.1) is 0 Å². The van der Waals surface area contributed by atoms with Gasteiger partial charge in [-0.1, -0.05) is 68.6 Å². The van der Waals surface area contributed by atoms with Gasteiger partial charge < -0.3 is 9.47 Å². The summed E-state index contributed by atoms with van der Waals surface area (Å²) >= 11 is 1.25. The minimum Gasteiger partial charge on any atom is -0.493 e. The smallest absolute Gasteiger partial charge is 0.330 e. The zero-order chi connectivity index (χ0) is 19.3. The minimum atomic E-state index is -0.340. The molecule has 27 heavy (non-hydrogen) atoms. The monoisotopic (exact) mass is 388 g/mol. The highest BCUT2D eigenvalue weighted by Gasteiger charge is 2.04. The summed E-state index contributed by atoms with van der Waals surface area (Å²) in [7, 11) is 0. The molecule has 5 heteroatoms. The molecule has 146 valence electrons. The predicted octanol–water partition coefficient (Wildman–Crippen LogP) is 5.49. The Hall–Kier alpha value is -2.14. The van der Waals surface area contributed by atoms with Crippen LogP contribution in [-0.4, -0.2) is 19.2 Å². The summed E-state index contributed by atoms with van der Waals surface area (Å²) in [4.78, 5) is 22.6. The maximum atomic E-state index is 11.8. The van der Waals surface area contributed by atoms with E-state index in [1.165, 1.54) is 43.1 Å². The van der Waals surface area contributed by atoms with E-state index >= 15 is 0 Å². The van der Waals surface area contributed by atoms with Crippen LogP contribution in [0.3, 0.4) is 0 Å². The van der Waals surface area contributed by atoms with Crippen molar-refractivity contribution in [2.45, 2.75) is 51.4 Å². The van der Waals surface area contributed by atoms with E-state index in [4.69, 9.17) is 9.47 Å². The first-order chi connectivity index (χ1) is 13.2. The molecule has 0 bridgehead atoms. The molecule has 2 rings (SSSR count). The summed E-state index contributed by atoms with van der Waals surface area (Å²) in [6.45, 7) is 4.50. The van der Waals surface area contributed by atoms with Crippen LogP contribution in [-0.2, 0) is 9.53 Å². The quantitative estimate of drug-likeness (QED) is 0.259. The van der Waals surface area contributed by atoms with Crippen molar-refractivity contribution in [3.63, 3.8) is 0 Å². The number of rotatable bonds is 13. The Morgan fingerprint density at radius 1 is 0.963 bits per heavy atom. The lowest BCUT2D eigenvalue weighted by Gasteiger charge is -2.08. The molecular weight excluding hydrogens is 360 g/mol. The van der Waals surface area contributed by atoms with Gasteiger partial charge in [-0.3, -0.25) is 4.79 Å². The van der Waals surface area contributed by atoms with Gasteiger partial charge in [0.2, 0.25) is 4.74 Å². The molecule has 0 radical (unpaired) electrons. The molecule has 0 atom stereocenters. The van der Waals surface area contributed by atoms with E-state index in [2.05, 4.69) is 6.58 Å². The third-order valence-corrected chi connectivity index (χ3v) is 5.21. The van der Waals surface area contributed by atoms with E-state index in [1.54, 1.807) is 6.07 Å². The normalized spacial score (nSPS) is 10.7. The molecular formula is C22H28O4S. The lowest BCUT2D eigenvalue weighted by Crippen LogP contribution is -2.01. The van der Waals surface area contributed by atoms with Crippen molar-refractivity contribution in [3.05, 3.63) is 52.5 Å². The summed E-state index contributed by atoms with van der Waals surface area (Å²) in [6, 6.07) is 9.46. The summed E-state index contributed by atoms with van der Waals surface area (Å²) in [6.07, 6.45) is 10.1. The summed E-state index contributed by atoms with van der Waals surface area (Å²) in [5.74, 6) is 0.360. The second-order valence-corrected chi connectivity index (χ2v) is 7.52. The molecule has 1 heterocycles. The number of esters is 1.